The van der Waals surface area contributed by atoms with Gasteiger partial charge in [0.15, 0.2) is 6.04 Å². The molecule has 0 bridgehead atoms. The number of carbonyl (C=O) groups excluding carboxylic acids is 1. The van der Waals surface area contributed by atoms with Crippen molar-refractivity contribution in [1.29, 1.82) is 0 Å². The predicted molar refractivity (Wildman–Crippen MR) is 77.5 cm³/mol. The second kappa shape index (κ2) is 8.11. The summed E-state index contributed by atoms with van der Waals surface area (Å²) in [5.41, 5.74) is 0.492. The topological polar surface area (TPSA) is 108 Å². The zero-order chi connectivity index (χ0) is 15.8. The Kier molecular flexibility index (Phi) is 6.48. The molecule has 0 heterocycles. The van der Waals surface area contributed by atoms with Crippen LogP contribution in [-0.4, -0.2) is 41.0 Å². The molecular weight excluding hydrogens is 276 g/mol. The number of ether oxygens (including phenoxy) is 1. The van der Waals surface area contributed by atoms with Gasteiger partial charge in [0.25, 0.3) is 0 Å². The Morgan fingerprint density at radius 2 is 1.90 bits per heavy atom. The summed E-state index contributed by atoms with van der Waals surface area (Å²) in [4.78, 5) is 22.5. The average Bonchev–Trinajstić information content (AvgIpc) is 2.43. The number of hydrogen-bond donors (Lipinski definition) is 4. The summed E-state index contributed by atoms with van der Waals surface area (Å²) in [5, 5.41) is 22.8. The first-order valence-corrected chi connectivity index (χ1v) is 6.65. The molecule has 0 aliphatic heterocycles. The standard InChI is InChI=1S/C14H20N2O5/c1-3-8-21-11-6-4-10(5-7-11)15-14(20)16-12(9(2)17)13(18)19/h4-7,9,12,17H,3,8H2,1-2H3,(H,18,19)(H2,15,16,20)/t9-,12+/m1/s1. The lowest BCUT2D eigenvalue weighted by Gasteiger charge is -2.17. The van der Waals surface area contributed by atoms with E-state index in [2.05, 4.69) is 10.6 Å². The second-order valence-corrected chi connectivity index (χ2v) is 4.53. The smallest absolute Gasteiger partial charge is 0.328 e. The van der Waals surface area contributed by atoms with Crippen LogP contribution < -0.4 is 15.4 Å². The van der Waals surface area contributed by atoms with Gasteiger partial charge < -0.3 is 25.6 Å². The largest absolute Gasteiger partial charge is 0.494 e. The van der Waals surface area contributed by atoms with Crippen molar-refractivity contribution in [2.75, 3.05) is 11.9 Å². The number of carboxylic acids is 1. The Balaban J connectivity index is 2.56. The Morgan fingerprint density at radius 3 is 2.38 bits per heavy atom. The number of amides is 2. The molecule has 0 saturated heterocycles. The summed E-state index contributed by atoms with van der Waals surface area (Å²) in [6.07, 6.45) is -0.295. The van der Waals surface area contributed by atoms with E-state index in [4.69, 9.17) is 9.84 Å². The van der Waals surface area contributed by atoms with E-state index < -0.39 is 24.1 Å². The minimum atomic E-state index is -1.36. The molecule has 1 aromatic rings. The lowest BCUT2D eigenvalue weighted by Crippen LogP contribution is -2.49. The molecule has 2 atom stereocenters. The van der Waals surface area contributed by atoms with Gasteiger partial charge in [-0.15, -0.1) is 0 Å². The molecule has 7 nitrogen and oxygen atoms in total. The summed E-state index contributed by atoms with van der Waals surface area (Å²) < 4.78 is 5.40. The monoisotopic (exact) mass is 296 g/mol. The van der Waals surface area contributed by atoms with Crippen LogP contribution in [0.4, 0.5) is 10.5 Å². The van der Waals surface area contributed by atoms with Crippen molar-refractivity contribution in [2.24, 2.45) is 0 Å². The molecule has 2 amide bonds. The predicted octanol–water partition coefficient (Wildman–Crippen LogP) is 1.43. The first-order valence-electron chi connectivity index (χ1n) is 6.65. The van der Waals surface area contributed by atoms with Gasteiger partial charge in [-0.3, -0.25) is 0 Å². The summed E-state index contributed by atoms with van der Waals surface area (Å²) in [6, 6.07) is 4.62. The highest BCUT2D eigenvalue weighted by Gasteiger charge is 2.24. The molecule has 0 fully saturated rings. The maximum absolute atomic E-state index is 11.7. The van der Waals surface area contributed by atoms with Crippen molar-refractivity contribution < 1.29 is 24.5 Å². The van der Waals surface area contributed by atoms with Gasteiger partial charge in [0.05, 0.1) is 12.7 Å². The van der Waals surface area contributed by atoms with Crippen LogP contribution in [0.1, 0.15) is 20.3 Å². The zero-order valence-electron chi connectivity index (χ0n) is 12.0. The molecule has 21 heavy (non-hydrogen) atoms. The highest BCUT2D eigenvalue weighted by molar-refractivity contribution is 5.92. The van der Waals surface area contributed by atoms with E-state index in [9.17, 15) is 14.7 Å². The third-order valence-electron chi connectivity index (χ3n) is 2.62. The molecule has 116 valence electrons. The van der Waals surface area contributed by atoms with Crippen LogP contribution in [0.3, 0.4) is 0 Å². The van der Waals surface area contributed by atoms with E-state index in [1.165, 1.54) is 6.92 Å². The third kappa shape index (κ3) is 5.70. The number of aliphatic hydroxyl groups is 1. The molecule has 1 rings (SSSR count). The molecule has 1 aromatic carbocycles. The van der Waals surface area contributed by atoms with Crippen LogP contribution in [0.25, 0.3) is 0 Å². The number of aliphatic carboxylic acids is 1. The summed E-state index contributed by atoms with van der Waals surface area (Å²) in [7, 11) is 0. The Morgan fingerprint density at radius 1 is 1.29 bits per heavy atom. The van der Waals surface area contributed by atoms with E-state index in [-0.39, 0.29) is 0 Å². The third-order valence-corrected chi connectivity index (χ3v) is 2.62. The number of hydrogen-bond acceptors (Lipinski definition) is 4. The van der Waals surface area contributed by atoms with Crippen LogP contribution in [0.15, 0.2) is 24.3 Å². The van der Waals surface area contributed by atoms with Crippen LogP contribution in [0, 0.1) is 0 Å². The fourth-order valence-electron chi connectivity index (χ4n) is 1.55. The van der Waals surface area contributed by atoms with Gasteiger partial charge in [-0.25, -0.2) is 9.59 Å². The number of carbonyl (C=O) groups is 2. The first kappa shape index (κ1) is 16.8. The van der Waals surface area contributed by atoms with E-state index >= 15 is 0 Å². The number of carboxylic acid groups (broad SMARTS) is 1. The lowest BCUT2D eigenvalue weighted by atomic mass is 10.2. The van der Waals surface area contributed by atoms with Crippen molar-refractivity contribution >= 4 is 17.7 Å². The molecule has 0 unspecified atom stereocenters. The molecule has 4 N–H and O–H groups in total. The van der Waals surface area contributed by atoms with E-state index in [0.717, 1.165) is 6.42 Å². The van der Waals surface area contributed by atoms with Crippen molar-refractivity contribution in [3.63, 3.8) is 0 Å². The molecule has 0 spiro atoms. The van der Waals surface area contributed by atoms with Gasteiger partial charge in [0.2, 0.25) is 0 Å². The van der Waals surface area contributed by atoms with Gasteiger partial charge in [-0.2, -0.15) is 0 Å². The van der Waals surface area contributed by atoms with Gasteiger partial charge in [0, 0.05) is 5.69 Å². The maximum atomic E-state index is 11.7. The van der Waals surface area contributed by atoms with E-state index in [1.54, 1.807) is 24.3 Å². The summed E-state index contributed by atoms with van der Waals surface area (Å²) >= 11 is 0. The van der Waals surface area contributed by atoms with Crippen LogP contribution >= 0.6 is 0 Å². The Hall–Kier alpha value is -2.28. The zero-order valence-corrected chi connectivity index (χ0v) is 12.0. The SMILES string of the molecule is CCCOc1ccc(NC(=O)N[C@H](C(=O)O)[C@@H](C)O)cc1. The van der Waals surface area contributed by atoms with Crippen LogP contribution in [0.5, 0.6) is 5.75 Å². The van der Waals surface area contributed by atoms with E-state index in [0.29, 0.717) is 18.0 Å². The number of nitrogens with one attached hydrogen (secondary N) is 2. The number of rotatable bonds is 7. The van der Waals surface area contributed by atoms with Gasteiger partial charge in [0.1, 0.15) is 5.75 Å². The molecule has 0 aliphatic rings. The van der Waals surface area contributed by atoms with Crippen molar-refractivity contribution in [3.05, 3.63) is 24.3 Å². The second-order valence-electron chi connectivity index (χ2n) is 4.53. The molecule has 0 saturated carbocycles. The minimum Gasteiger partial charge on any atom is -0.494 e. The van der Waals surface area contributed by atoms with Gasteiger partial charge in [-0.05, 0) is 37.6 Å². The van der Waals surface area contributed by atoms with Crippen molar-refractivity contribution in [1.82, 2.24) is 5.32 Å². The summed E-state index contributed by atoms with van der Waals surface area (Å²) in [6.45, 7) is 3.90. The molecule has 0 aliphatic carbocycles. The van der Waals surface area contributed by atoms with Crippen molar-refractivity contribution in [3.8, 4) is 5.75 Å². The number of benzene rings is 1. The fourth-order valence-corrected chi connectivity index (χ4v) is 1.55. The Labute approximate surface area is 122 Å². The van der Waals surface area contributed by atoms with E-state index in [1.807, 2.05) is 6.92 Å². The number of aliphatic hydroxyl groups excluding tert-OH is 1. The van der Waals surface area contributed by atoms with Gasteiger partial charge in [-0.1, -0.05) is 6.92 Å². The summed E-state index contributed by atoms with van der Waals surface area (Å²) in [5.74, 6) is -0.612. The van der Waals surface area contributed by atoms with Crippen LogP contribution in [0.2, 0.25) is 0 Å². The lowest BCUT2D eigenvalue weighted by molar-refractivity contribution is -0.141. The normalized spacial score (nSPS) is 13.1. The molecule has 0 radical (unpaired) electrons. The Bertz CT molecular complexity index is 473. The van der Waals surface area contributed by atoms with Crippen LogP contribution in [-0.2, 0) is 4.79 Å². The maximum Gasteiger partial charge on any atom is 0.328 e. The number of anilines is 1. The first-order chi connectivity index (χ1) is 9.93. The highest BCUT2D eigenvalue weighted by Crippen LogP contribution is 2.15. The number of urea groups is 1. The molecule has 7 heteroatoms. The minimum absolute atomic E-state index is 0.492. The highest BCUT2D eigenvalue weighted by atomic mass is 16.5. The quantitative estimate of drug-likeness (QED) is 0.609. The average molecular weight is 296 g/mol. The molecular formula is C14H20N2O5. The molecule has 0 aromatic heterocycles. The van der Waals surface area contributed by atoms with Gasteiger partial charge >= 0.3 is 12.0 Å². The fraction of sp³-hybridized carbons (Fsp3) is 0.429. The van der Waals surface area contributed by atoms with Crippen molar-refractivity contribution in [2.45, 2.75) is 32.4 Å².